The molecule has 2 aromatic carbocycles. The number of oxazole rings is 1. The van der Waals surface area contributed by atoms with Gasteiger partial charge < -0.3 is 15.1 Å². The van der Waals surface area contributed by atoms with Gasteiger partial charge in [-0.25, -0.2) is 24.2 Å². The zero-order valence-electron chi connectivity index (χ0n) is 22.4. The summed E-state index contributed by atoms with van der Waals surface area (Å²) < 4.78 is 74.1. The molecule has 0 radical (unpaired) electrons. The molecule has 1 aliphatic carbocycles. The first-order valence-corrected chi connectivity index (χ1v) is 13.2. The smallest absolute Gasteiger partial charge is 0.417 e. The maximum atomic E-state index is 14.1. The number of pyridine rings is 1. The van der Waals surface area contributed by atoms with Gasteiger partial charge in [-0.3, -0.25) is 10.0 Å². The first kappa shape index (κ1) is 28.7. The van der Waals surface area contributed by atoms with E-state index in [2.05, 4.69) is 15.4 Å². The number of anilines is 1. The highest BCUT2D eigenvalue weighted by atomic mass is 19.4. The van der Waals surface area contributed by atoms with Crippen LogP contribution in [0.25, 0.3) is 22.6 Å². The van der Waals surface area contributed by atoms with Gasteiger partial charge >= 0.3 is 6.18 Å². The first-order valence-electron chi connectivity index (χ1n) is 13.2. The minimum Gasteiger partial charge on any atom is -0.440 e. The summed E-state index contributed by atoms with van der Waals surface area (Å²) >= 11 is 0. The quantitative estimate of drug-likeness (QED) is 0.183. The Morgan fingerprint density at radius 2 is 1.79 bits per heavy atom. The number of hydrogen-bond acceptors (Lipinski definition) is 8. The lowest BCUT2D eigenvalue weighted by molar-refractivity contribution is -0.149. The Balaban J connectivity index is 1.13. The maximum absolute atomic E-state index is 14.1. The number of halogens is 5. The first-order chi connectivity index (χ1) is 20.4. The van der Waals surface area contributed by atoms with Gasteiger partial charge in [-0.1, -0.05) is 24.3 Å². The molecule has 0 unspecified atom stereocenters. The van der Waals surface area contributed by atoms with Gasteiger partial charge in [0.2, 0.25) is 5.89 Å². The standard InChI is InChI=1S/C29H25F5N6O3/c30-28(31)14-39(15-28)27(41)17-3-1-16(2-4-17)18-5-7-21(23(9-18)29(32,33)34)26-37-12-20(43-26)13-38-40(42)24-10-22(24)19-6-8-25(35)36-11-19/h1-9,11-12,22,24,38,42H,10,13-15H2,(H2,35,36)/t22-,24+/m1/s1. The van der Waals surface area contributed by atoms with Gasteiger partial charge in [0.15, 0.2) is 0 Å². The van der Waals surface area contributed by atoms with Crippen LogP contribution in [-0.4, -0.2) is 56.2 Å². The second-order valence-corrected chi connectivity index (χ2v) is 10.6. The van der Waals surface area contributed by atoms with Crippen LogP contribution in [0.5, 0.6) is 0 Å². The summed E-state index contributed by atoms with van der Waals surface area (Å²) in [5, 5.41) is 11.3. The van der Waals surface area contributed by atoms with Crippen molar-refractivity contribution in [1.29, 1.82) is 0 Å². The lowest BCUT2D eigenvalue weighted by Gasteiger charge is -2.38. The summed E-state index contributed by atoms with van der Waals surface area (Å²) in [6.45, 7) is -1.35. The number of hydrazine groups is 1. The van der Waals surface area contributed by atoms with Crippen molar-refractivity contribution in [2.45, 2.75) is 37.0 Å². The second kappa shape index (κ2) is 10.7. The fourth-order valence-electron chi connectivity index (χ4n) is 5.02. The molecular weight excluding hydrogens is 575 g/mol. The predicted octanol–water partition coefficient (Wildman–Crippen LogP) is 5.35. The van der Waals surface area contributed by atoms with Gasteiger partial charge in [-0.2, -0.15) is 13.2 Å². The number of amides is 1. The van der Waals surface area contributed by atoms with Crippen molar-refractivity contribution >= 4 is 11.7 Å². The highest BCUT2D eigenvalue weighted by Gasteiger charge is 2.46. The number of rotatable bonds is 8. The molecule has 4 aromatic rings. The third-order valence-corrected chi connectivity index (χ3v) is 7.43. The molecule has 6 rings (SSSR count). The molecule has 0 spiro atoms. The average Bonchev–Trinajstić information content (AvgIpc) is 3.63. The predicted molar refractivity (Wildman–Crippen MR) is 143 cm³/mol. The molecule has 1 aliphatic heterocycles. The minimum atomic E-state index is -4.74. The van der Waals surface area contributed by atoms with Crippen LogP contribution in [0.15, 0.2) is 71.4 Å². The molecule has 43 heavy (non-hydrogen) atoms. The van der Waals surface area contributed by atoms with Crippen LogP contribution in [0.1, 0.15) is 39.6 Å². The summed E-state index contributed by atoms with van der Waals surface area (Å²) in [5.74, 6) is -3.07. The van der Waals surface area contributed by atoms with Gasteiger partial charge in [0.1, 0.15) is 11.6 Å². The molecule has 14 heteroatoms. The van der Waals surface area contributed by atoms with E-state index in [4.69, 9.17) is 10.2 Å². The zero-order valence-corrected chi connectivity index (χ0v) is 22.4. The third-order valence-electron chi connectivity index (χ3n) is 7.43. The van der Waals surface area contributed by atoms with E-state index in [-0.39, 0.29) is 46.8 Å². The summed E-state index contributed by atoms with van der Waals surface area (Å²) in [4.78, 5) is 21.4. The van der Waals surface area contributed by atoms with Crippen LogP contribution in [0.2, 0.25) is 0 Å². The molecule has 2 fully saturated rings. The number of hydroxylamine groups is 1. The zero-order chi connectivity index (χ0) is 30.5. The molecule has 9 nitrogen and oxygen atoms in total. The number of aromatic nitrogens is 2. The van der Waals surface area contributed by atoms with Crippen LogP contribution >= 0.6 is 0 Å². The third kappa shape index (κ3) is 6.07. The topological polar surface area (TPSA) is 121 Å². The van der Waals surface area contributed by atoms with E-state index in [1.807, 2.05) is 6.07 Å². The summed E-state index contributed by atoms with van der Waals surface area (Å²) in [6.07, 6.45) is -1.14. The summed E-state index contributed by atoms with van der Waals surface area (Å²) in [6, 6.07) is 12.7. The highest BCUT2D eigenvalue weighted by Crippen LogP contribution is 2.43. The molecule has 224 valence electrons. The number of hydrogen-bond donors (Lipinski definition) is 3. The van der Waals surface area contributed by atoms with E-state index in [0.29, 0.717) is 17.8 Å². The van der Waals surface area contributed by atoms with Crippen molar-refractivity contribution in [3.8, 4) is 22.6 Å². The monoisotopic (exact) mass is 600 g/mol. The van der Waals surface area contributed by atoms with Crippen molar-refractivity contribution in [3.05, 3.63) is 89.4 Å². The van der Waals surface area contributed by atoms with Gasteiger partial charge in [0.05, 0.1) is 37.4 Å². The summed E-state index contributed by atoms with van der Waals surface area (Å²) in [7, 11) is 0. The normalized spacial score (nSPS) is 19.4. The molecule has 3 heterocycles. The number of carbonyl (C=O) groups is 1. The van der Waals surface area contributed by atoms with E-state index in [0.717, 1.165) is 21.7 Å². The molecule has 0 bridgehead atoms. The van der Waals surface area contributed by atoms with Crippen molar-refractivity contribution in [3.63, 3.8) is 0 Å². The van der Waals surface area contributed by atoms with Gasteiger partial charge in [0, 0.05) is 23.2 Å². The van der Waals surface area contributed by atoms with Gasteiger partial charge in [0.25, 0.3) is 11.8 Å². The average molecular weight is 601 g/mol. The number of benzene rings is 2. The molecular formula is C29H25F5N6O3. The minimum absolute atomic E-state index is 0.0215. The largest absolute Gasteiger partial charge is 0.440 e. The number of nitrogens with one attached hydrogen (secondary N) is 1. The molecule has 2 aliphatic rings. The van der Waals surface area contributed by atoms with E-state index in [9.17, 15) is 32.0 Å². The van der Waals surface area contributed by atoms with Crippen molar-refractivity contribution < 1.29 is 36.4 Å². The van der Waals surface area contributed by atoms with Gasteiger partial charge in [-0.15, -0.1) is 5.17 Å². The second-order valence-electron chi connectivity index (χ2n) is 10.6. The molecule has 1 saturated carbocycles. The SMILES string of the molecule is Nc1ccc([C@H]2C[C@@H]2N(O)NCc2cnc(-c3ccc(-c4ccc(C(=O)N5CC(F)(F)C5)cc4)cc3C(F)(F)F)o2)cn1. The van der Waals surface area contributed by atoms with Crippen LogP contribution in [0.4, 0.5) is 27.8 Å². The Morgan fingerprint density at radius 3 is 2.44 bits per heavy atom. The summed E-state index contributed by atoms with van der Waals surface area (Å²) in [5.41, 5.74) is 8.84. The van der Waals surface area contributed by atoms with E-state index >= 15 is 0 Å². The van der Waals surface area contributed by atoms with Crippen LogP contribution in [-0.2, 0) is 12.7 Å². The number of likely N-dealkylation sites (tertiary alicyclic amines) is 1. The van der Waals surface area contributed by atoms with Crippen molar-refractivity contribution in [2.75, 3.05) is 18.8 Å². The van der Waals surface area contributed by atoms with Crippen LogP contribution < -0.4 is 11.2 Å². The Morgan fingerprint density at radius 1 is 1.07 bits per heavy atom. The molecule has 2 atom stereocenters. The van der Waals surface area contributed by atoms with Crippen LogP contribution in [0.3, 0.4) is 0 Å². The molecule has 1 saturated heterocycles. The highest BCUT2D eigenvalue weighted by molar-refractivity contribution is 5.95. The lowest BCUT2D eigenvalue weighted by Crippen LogP contribution is -2.58. The van der Waals surface area contributed by atoms with Crippen LogP contribution in [0, 0.1) is 0 Å². The Hall–Kier alpha value is -4.40. The fourth-order valence-corrected chi connectivity index (χ4v) is 5.02. The molecule has 2 aromatic heterocycles. The number of nitrogens with two attached hydrogens (primary N) is 1. The Labute approximate surface area is 241 Å². The van der Waals surface area contributed by atoms with E-state index < -0.39 is 36.7 Å². The molecule has 1 amide bonds. The lowest BCUT2D eigenvalue weighted by atomic mass is 9.97. The van der Waals surface area contributed by atoms with Crippen molar-refractivity contribution in [1.82, 2.24) is 25.5 Å². The molecule has 4 N–H and O–H groups in total. The van der Waals surface area contributed by atoms with E-state index in [1.54, 1.807) is 12.3 Å². The number of carbonyl (C=O) groups excluding carboxylic acids is 1. The number of nitrogens with zero attached hydrogens (tertiary/aromatic N) is 4. The van der Waals surface area contributed by atoms with Gasteiger partial charge in [-0.05, 0) is 53.4 Å². The van der Waals surface area contributed by atoms with E-state index in [1.165, 1.54) is 42.6 Å². The fraction of sp³-hybridized carbons (Fsp3) is 0.276. The maximum Gasteiger partial charge on any atom is 0.417 e. The number of alkyl halides is 5. The number of nitrogen functional groups attached to an aromatic ring is 1. The van der Waals surface area contributed by atoms with Crippen molar-refractivity contribution in [2.24, 2.45) is 0 Å². The Bertz CT molecular complexity index is 1630. The Kier molecular flexibility index (Phi) is 7.15.